The van der Waals surface area contributed by atoms with E-state index < -0.39 is 30.4 Å². The van der Waals surface area contributed by atoms with Gasteiger partial charge in [0.05, 0.1) is 38.6 Å². The van der Waals surface area contributed by atoms with E-state index in [4.69, 9.17) is 28.4 Å². The number of hydrogen-bond acceptors (Lipinski definition) is 11. The number of aliphatic hydroxyl groups excluding tert-OH is 1. The summed E-state index contributed by atoms with van der Waals surface area (Å²) in [7, 11) is 0. The zero-order chi connectivity index (χ0) is 42.6. The third-order valence-corrected chi connectivity index (χ3v) is 10.1. The van der Waals surface area contributed by atoms with Crippen LogP contribution in [0.2, 0.25) is 0 Å². The van der Waals surface area contributed by atoms with Gasteiger partial charge in [-0.05, 0) is 35.1 Å². The number of hydrogen-bond donors (Lipinski definition) is 1. The van der Waals surface area contributed by atoms with Gasteiger partial charge in [-0.15, -0.1) is 0 Å². The summed E-state index contributed by atoms with van der Waals surface area (Å²) < 4.78 is 39.7. The fourth-order valence-corrected chi connectivity index (χ4v) is 7.01. The van der Waals surface area contributed by atoms with Crippen molar-refractivity contribution in [1.82, 2.24) is 0 Å². The molecule has 0 amide bonds. The highest BCUT2D eigenvalue weighted by molar-refractivity contribution is 5.82. The standard InChI is InChI=1S/C22H28O4.C22H26O4.C4H6O3/c2*1-3-19-16(2)20(24-14-17-10-6-4-7-11-17)21(22(23)26-19)25-15-18-12-8-5-9-13-18;1-3(5)7-4(2)6/h4-13,16,19-23H,3,14-15H2,1-2H3;4-13,16,19-21H,3,14-15H2,1-2H3;1-2H3/t16-,19-,20+,21-,22?;16-,19-,20+,21-;/m11./s1. The highest BCUT2D eigenvalue weighted by Crippen LogP contribution is 2.32. The first-order valence-corrected chi connectivity index (χ1v) is 20.4. The topological polar surface area (TPSA) is 136 Å². The molecule has 9 atom stereocenters. The summed E-state index contributed by atoms with van der Waals surface area (Å²) in [5.41, 5.74) is 4.27. The van der Waals surface area contributed by atoms with E-state index in [2.05, 4.69) is 25.5 Å². The van der Waals surface area contributed by atoms with Crippen LogP contribution in [-0.2, 0) is 74.0 Å². The van der Waals surface area contributed by atoms with Gasteiger partial charge in [0.2, 0.25) is 0 Å². The van der Waals surface area contributed by atoms with E-state index in [9.17, 15) is 19.5 Å². The molecular weight excluding hydrogens is 753 g/mol. The molecule has 11 nitrogen and oxygen atoms in total. The lowest BCUT2D eigenvalue weighted by molar-refractivity contribution is -0.289. The summed E-state index contributed by atoms with van der Waals surface area (Å²) in [6.45, 7) is 12.3. The van der Waals surface area contributed by atoms with Crippen molar-refractivity contribution < 1.29 is 52.6 Å². The van der Waals surface area contributed by atoms with Crippen molar-refractivity contribution in [2.75, 3.05) is 0 Å². The third-order valence-electron chi connectivity index (χ3n) is 10.1. The van der Waals surface area contributed by atoms with Crippen LogP contribution in [0.1, 0.15) is 76.6 Å². The number of benzene rings is 4. The molecule has 4 aromatic rings. The molecule has 11 heteroatoms. The molecule has 0 aliphatic carbocycles. The number of ether oxygens (including phenoxy) is 7. The van der Waals surface area contributed by atoms with E-state index in [1.165, 1.54) is 13.8 Å². The van der Waals surface area contributed by atoms with Gasteiger partial charge in [-0.1, -0.05) is 149 Å². The number of aliphatic hydroxyl groups is 1. The van der Waals surface area contributed by atoms with Gasteiger partial charge < -0.3 is 38.3 Å². The van der Waals surface area contributed by atoms with E-state index in [-0.39, 0.29) is 42.2 Å². The number of rotatable bonds is 14. The summed E-state index contributed by atoms with van der Waals surface area (Å²) in [4.78, 5) is 32.1. The molecule has 0 bridgehead atoms. The van der Waals surface area contributed by atoms with E-state index in [1.54, 1.807) is 0 Å². The predicted molar refractivity (Wildman–Crippen MR) is 222 cm³/mol. The fourth-order valence-electron chi connectivity index (χ4n) is 7.01. The number of carbonyl (C=O) groups excluding carboxylic acids is 3. The van der Waals surface area contributed by atoms with Crippen molar-refractivity contribution in [2.24, 2.45) is 11.8 Å². The Morgan fingerprint density at radius 2 is 0.898 bits per heavy atom. The summed E-state index contributed by atoms with van der Waals surface area (Å²) in [5, 5.41) is 10.5. The monoisotopic (exact) mass is 812 g/mol. The second-order valence-corrected chi connectivity index (χ2v) is 14.7. The summed E-state index contributed by atoms with van der Waals surface area (Å²) in [5.74, 6) is -1.25. The summed E-state index contributed by atoms with van der Waals surface area (Å²) in [6.07, 6.45) is -1.35. The van der Waals surface area contributed by atoms with E-state index >= 15 is 0 Å². The normalized spacial score (nSPS) is 24.9. The van der Waals surface area contributed by atoms with Crippen LogP contribution in [-0.4, -0.2) is 65.9 Å². The molecule has 2 saturated heterocycles. The van der Waals surface area contributed by atoms with Gasteiger partial charge in [0.1, 0.15) is 18.3 Å². The highest BCUT2D eigenvalue weighted by Gasteiger charge is 2.45. The van der Waals surface area contributed by atoms with Crippen LogP contribution in [0.4, 0.5) is 0 Å². The minimum atomic E-state index is -0.986. The molecule has 0 saturated carbocycles. The molecule has 318 valence electrons. The van der Waals surface area contributed by atoms with Crippen LogP contribution in [0.25, 0.3) is 0 Å². The Morgan fingerprint density at radius 3 is 1.27 bits per heavy atom. The quantitative estimate of drug-likeness (QED) is 0.0977. The van der Waals surface area contributed by atoms with Gasteiger partial charge in [0.25, 0.3) is 0 Å². The molecule has 59 heavy (non-hydrogen) atoms. The molecule has 2 heterocycles. The smallest absolute Gasteiger partial charge is 0.338 e. The molecular formula is C48H60O11. The second kappa shape index (κ2) is 25.0. The minimum absolute atomic E-state index is 0.0395. The zero-order valence-electron chi connectivity index (χ0n) is 35.0. The Kier molecular flexibility index (Phi) is 19.9. The highest BCUT2D eigenvalue weighted by atomic mass is 16.7. The molecule has 2 fully saturated rings. The number of cyclic esters (lactones) is 1. The Balaban J connectivity index is 0.000000225. The molecule has 0 spiro atoms. The Bertz CT molecular complexity index is 1780. The minimum Gasteiger partial charge on any atom is -0.460 e. The van der Waals surface area contributed by atoms with Gasteiger partial charge in [0.15, 0.2) is 12.4 Å². The van der Waals surface area contributed by atoms with Gasteiger partial charge in [-0.3, -0.25) is 9.59 Å². The van der Waals surface area contributed by atoms with E-state index in [0.717, 1.165) is 35.1 Å². The molecule has 0 radical (unpaired) electrons. The van der Waals surface area contributed by atoms with Crippen LogP contribution >= 0.6 is 0 Å². The third kappa shape index (κ3) is 15.4. The first-order chi connectivity index (χ1) is 28.5. The van der Waals surface area contributed by atoms with Crippen LogP contribution in [0.3, 0.4) is 0 Å². The van der Waals surface area contributed by atoms with Crippen molar-refractivity contribution in [2.45, 2.75) is 124 Å². The van der Waals surface area contributed by atoms with Crippen molar-refractivity contribution in [3.63, 3.8) is 0 Å². The van der Waals surface area contributed by atoms with Crippen molar-refractivity contribution in [3.8, 4) is 0 Å². The van der Waals surface area contributed by atoms with Gasteiger partial charge in [0, 0.05) is 25.7 Å². The second-order valence-electron chi connectivity index (χ2n) is 14.7. The molecule has 1 N–H and O–H groups in total. The SMILES string of the molecule is CC(=O)OC(C)=O.CC[C@H]1OC(=O)[C@H](OCc2ccccc2)[C@@H](OCc2ccccc2)[C@@H]1C.CC[C@H]1OC(O)[C@H](OCc2ccccc2)[C@@H](OCc2ccccc2)[C@@H]1C. The van der Waals surface area contributed by atoms with Crippen LogP contribution in [0, 0.1) is 11.8 Å². The number of carbonyl (C=O) groups is 3. The molecule has 6 rings (SSSR count). The van der Waals surface area contributed by atoms with E-state index in [0.29, 0.717) is 26.4 Å². The van der Waals surface area contributed by atoms with Gasteiger partial charge in [-0.25, -0.2) is 4.79 Å². The first-order valence-electron chi connectivity index (χ1n) is 20.4. The largest absolute Gasteiger partial charge is 0.460 e. The molecule has 1 unspecified atom stereocenters. The maximum atomic E-state index is 12.5. The lowest BCUT2D eigenvalue weighted by Gasteiger charge is -2.43. The number of esters is 3. The Hall–Kier alpha value is -4.75. The van der Waals surface area contributed by atoms with Crippen molar-refractivity contribution >= 4 is 17.9 Å². The van der Waals surface area contributed by atoms with E-state index in [1.807, 2.05) is 128 Å². The summed E-state index contributed by atoms with van der Waals surface area (Å²) >= 11 is 0. The maximum Gasteiger partial charge on any atom is 0.338 e. The Morgan fingerprint density at radius 1 is 0.542 bits per heavy atom. The van der Waals surface area contributed by atoms with Crippen molar-refractivity contribution in [1.29, 1.82) is 0 Å². The maximum absolute atomic E-state index is 12.5. The van der Waals surface area contributed by atoms with Crippen LogP contribution < -0.4 is 0 Å². The van der Waals surface area contributed by atoms with Gasteiger partial charge >= 0.3 is 17.9 Å². The van der Waals surface area contributed by atoms with Crippen LogP contribution in [0.15, 0.2) is 121 Å². The zero-order valence-corrected chi connectivity index (χ0v) is 35.0. The Labute approximate surface area is 348 Å². The predicted octanol–water partition coefficient (Wildman–Crippen LogP) is 8.15. The molecule has 4 aromatic carbocycles. The lowest BCUT2D eigenvalue weighted by Crippen LogP contribution is -2.55. The fraction of sp³-hybridized carbons (Fsp3) is 0.438. The van der Waals surface area contributed by atoms with Gasteiger partial charge in [-0.2, -0.15) is 0 Å². The molecule has 2 aliphatic heterocycles. The van der Waals surface area contributed by atoms with Crippen molar-refractivity contribution in [3.05, 3.63) is 144 Å². The average Bonchev–Trinajstić information content (AvgIpc) is 3.24. The molecule has 0 aromatic heterocycles. The summed E-state index contributed by atoms with van der Waals surface area (Å²) in [6, 6.07) is 39.8. The lowest BCUT2D eigenvalue weighted by atomic mass is 9.89. The molecule has 2 aliphatic rings. The average molecular weight is 813 g/mol. The van der Waals surface area contributed by atoms with Crippen LogP contribution in [0.5, 0.6) is 0 Å². The first kappa shape index (κ1) is 46.9.